The second kappa shape index (κ2) is 5.88. The van der Waals surface area contributed by atoms with Gasteiger partial charge in [0, 0.05) is 5.92 Å². The number of halogens is 5. The minimum atomic E-state index is -5.07. The van der Waals surface area contributed by atoms with Crippen LogP contribution in [0.3, 0.4) is 0 Å². The highest BCUT2D eigenvalue weighted by molar-refractivity contribution is 5.94. The van der Waals surface area contributed by atoms with Crippen LogP contribution in [-0.2, 0) is 11.0 Å². The number of aromatic nitrogens is 1. The highest BCUT2D eigenvalue weighted by Crippen LogP contribution is 2.40. The van der Waals surface area contributed by atoms with E-state index in [2.05, 4.69) is 10.3 Å². The van der Waals surface area contributed by atoms with E-state index in [9.17, 15) is 26.7 Å². The average molecular weight is 346 g/mol. The van der Waals surface area contributed by atoms with Gasteiger partial charge in [-0.3, -0.25) is 4.79 Å². The quantitative estimate of drug-likeness (QED) is 0.840. The minimum Gasteiger partial charge on any atom is -0.443 e. The lowest BCUT2D eigenvalue weighted by molar-refractivity contribution is -0.140. The highest BCUT2D eigenvalue weighted by atomic mass is 19.4. The first-order chi connectivity index (χ1) is 11.3. The molecule has 1 aliphatic rings. The van der Waals surface area contributed by atoms with Gasteiger partial charge in [-0.25, -0.2) is 13.8 Å². The van der Waals surface area contributed by atoms with Gasteiger partial charge in [0.2, 0.25) is 5.91 Å². The van der Waals surface area contributed by atoms with Gasteiger partial charge in [-0.05, 0) is 18.9 Å². The first-order valence-corrected chi connectivity index (χ1v) is 7.08. The van der Waals surface area contributed by atoms with Crippen LogP contribution in [0.25, 0.3) is 11.3 Å². The number of rotatable bonds is 3. The highest BCUT2D eigenvalue weighted by Gasteiger charge is 2.38. The minimum absolute atomic E-state index is 0.251. The molecule has 128 valence electrons. The Kier molecular flexibility index (Phi) is 4.02. The zero-order chi connectivity index (χ0) is 17.5. The number of nitrogens with zero attached hydrogens (tertiary/aromatic N) is 1. The van der Waals surface area contributed by atoms with Crippen LogP contribution in [-0.4, -0.2) is 10.9 Å². The van der Waals surface area contributed by atoms with Crippen molar-refractivity contribution in [3.8, 4) is 11.3 Å². The molecule has 1 saturated carbocycles. The van der Waals surface area contributed by atoms with Crippen molar-refractivity contribution in [3.05, 3.63) is 35.9 Å². The Morgan fingerprint density at radius 3 is 2.46 bits per heavy atom. The van der Waals surface area contributed by atoms with Crippen molar-refractivity contribution in [2.24, 2.45) is 5.92 Å². The van der Waals surface area contributed by atoms with Gasteiger partial charge in [0.25, 0.3) is 0 Å². The topological polar surface area (TPSA) is 55.1 Å². The van der Waals surface area contributed by atoms with E-state index in [1.807, 2.05) is 0 Å². The van der Waals surface area contributed by atoms with Crippen molar-refractivity contribution in [2.75, 3.05) is 5.32 Å². The molecule has 1 amide bonds. The van der Waals surface area contributed by atoms with Crippen molar-refractivity contribution >= 4 is 11.6 Å². The number of benzene rings is 1. The largest absolute Gasteiger partial charge is 0.443 e. The molecule has 1 aromatic carbocycles. The number of hydrogen-bond acceptors (Lipinski definition) is 3. The Hall–Kier alpha value is -2.45. The molecular weight excluding hydrogens is 335 g/mol. The lowest BCUT2D eigenvalue weighted by Gasteiger charge is -2.24. The molecule has 1 aromatic heterocycles. The third kappa shape index (κ3) is 2.85. The third-order valence-electron chi connectivity index (χ3n) is 3.92. The van der Waals surface area contributed by atoms with Gasteiger partial charge in [-0.15, -0.1) is 0 Å². The molecule has 0 saturated heterocycles. The SMILES string of the molecule is O=C(Nc1cc(C(F)(F)F)c(F)c(-c2cnco2)c1F)C1CCC1. The molecule has 3 rings (SSSR count). The molecule has 1 N–H and O–H groups in total. The van der Waals surface area contributed by atoms with Crippen LogP contribution in [0.15, 0.2) is 23.1 Å². The molecule has 9 heteroatoms. The van der Waals surface area contributed by atoms with Gasteiger partial charge in [0.15, 0.2) is 18.0 Å². The number of amides is 1. The summed E-state index contributed by atoms with van der Waals surface area (Å²) in [5.41, 5.74) is -3.46. The van der Waals surface area contributed by atoms with Gasteiger partial charge in [0.05, 0.1) is 23.0 Å². The molecule has 0 unspecified atom stereocenters. The maximum absolute atomic E-state index is 14.5. The Morgan fingerprint density at radius 1 is 1.25 bits per heavy atom. The smallest absolute Gasteiger partial charge is 0.419 e. The molecule has 1 aliphatic carbocycles. The van der Waals surface area contributed by atoms with Gasteiger partial charge in [0.1, 0.15) is 5.82 Å². The van der Waals surface area contributed by atoms with Gasteiger partial charge < -0.3 is 9.73 Å². The molecular formula is C15H11F5N2O2. The molecule has 24 heavy (non-hydrogen) atoms. The molecule has 0 bridgehead atoms. The van der Waals surface area contributed by atoms with Crippen LogP contribution in [0.1, 0.15) is 24.8 Å². The maximum atomic E-state index is 14.5. The summed E-state index contributed by atoms with van der Waals surface area (Å²) in [7, 11) is 0. The van der Waals surface area contributed by atoms with E-state index in [0.717, 1.165) is 19.0 Å². The summed E-state index contributed by atoms with van der Waals surface area (Å²) < 4.78 is 72.5. The van der Waals surface area contributed by atoms with E-state index in [4.69, 9.17) is 4.42 Å². The number of carbonyl (C=O) groups is 1. The van der Waals surface area contributed by atoms with Crippen LogP contribution in [0.2, 0.25) is 0 Å². The number of anilines is 1. The predicted octanol–water partition coefficient (Wildman–Crippen LogP) is 4.38. The molecule has 0 spiro atoms. The first-order valence-electron chi connectivity index (χ1n) is 7.08. The fraction of sp³-hybridized carbons (Fsp3) is 0.333. The van der Waals surface area contributed by atoms with Gasteiger partial charge in [-0.2, -0.15) is 13.2 Å². The molecule has 0 atom stereocenters. The van der Waals surface area contributed by atoms with Crippen LogP contribution < -0.4 is 5.32 Å². The Balaban J connectivity index is 2.11. The number of hydrogen-bond donors (Lipinski definition) is 1. The monoisotopic (exact) mass is 346 g/mol. The van der Waals surface area contributed by atoms with Crippen molar-refractivity contribution in [2.45, 2.75) is 25.4 Å². The third-order valence-corrected chi connectivity index (χ3v) is 3.92. The summed E-state index contributed by atoms with van der Waals surface area (Å²) in [6.07, 6.45) is -1.37. The molecule has 4 nitrogen and oxygen atoms in total. The summed E-state index contributed by atoms with van der Waals surface area (Å²) in [4.78, 5) is 15.3. The van der Waals surface area contributed by atoms with Crippen molar-refractivity contribution < 1.29 is 31.2 Å². The second-order valence-corrected chi connectivity index (χ2v) is 5.46. The van der Waals surface area contributed by atoms with E-state index < -0.39 is 46.3 Å². The summed E-state index contributed by atoms with van der Waals surface area (Å²) in [6, 6.07) is 0.251. The summed E-state index contributed by atoms with van der Waals surface area (Å²) in [5.74, 6) is -4.64. The summed E-state index contributed by atoms with van der Waals surface area (Å²) in [6.45, 7) is 0. The van der Waals surface area contributed by atoms with E-state index in [0.29, 0.717) is 12.8 Å². The van der Waals surface area contributed by atoms with E-state index >= 15 is 0 Å². The van der Waals surface area contributed by atoms with Crippen LogP contribution in [0.5, 0.6) is 0 Å². The van der Waals surface area contributed by atoms with E-state index in [1.54, 1.807) is 0 Å². The second-order valence-electron chi connectivity index (χ2n) is 5.46. The average Bonchev–Trinajstić information content (AvgIpc) is 2.92. The number of nitrogens with one attached hydrogen (secondary N) is 1. The van der Waals surface area contributed by atoms with Crippen molar-refractivity contribution in [3.63, 3.8) is 0 Å². The Labute approximate surface area is 132 Å². The lowest BCUT2D eigenvalue weighted by atomic mass is 9.85. The molecule has 0 radical (unpaired) electrons. The maximum Gasteiger partial charge on any atom is 0.419 e. The normalized spacial score (nSPS) is 15.2. The van der Waals surface area contributed by atoms with E-state index in [1.165, 1.54) is 0 Å². The van der Waals surface area contributed by atoms with Crippen molar-refractivity contribution in [1.29, 1.82) is 0 Å². The van der Waals surface area contributed by atoms with Gasteiger partial charge >= 0.3 is 6.18 Å². The summed E-state index contributed by atoms with van der Waals surface area (Å²) >= 11 is 0. The zero-order valence-electron chi connectivity index (χ0n) is 12.1. The molecule has 0 aliphatic heterocycles. The van der Waals surface area contributed by atoms with Gasteiger partial charge in [-0.1, -0.05) is 6.42 Å². The fourth-order valence-electron chi connectivity index (χ4n) is 2.39. The zero-order valence-corrected chi connectivity index (χ0v) is 12.1. The molecule has 2 aromatic rings. The van der Waals surface area contributed by atoms with Crippen molar-refractivity contribution in [1.82, 2.24) is 4.98 Å². The first kappa shape index (κ1) is 16.4. The number of alkyl halides is 3. The predicted molar refractivity (Wildman–Crippen MR) is 72.8 cm³/mol. The fourth-order valence-corrected chi connectivity index (χ4v) is 2.39. The standard InChI is InChI=1S/C15H11F5N2O2/c16-12-8(15(18,19)20)4-9(22-14(23)7-2-1-3-7)13(17)11(12)10-5-21-6-24-10/h4-7H,1-3H2,(H,22,23). The van der Waals surface area contributed by atoms with Crippen LogP contribution in [0, 0.1) is 17.6 Å². The molecule has 1 fully saturated rings. The number of carbonyl (C=O) groups excluding carboxylic acids is 1. The Bertz CT molecular complexity index is 767. The number of oxazole rings is 1. The van der Waals surface area contributed by atoms with Crippen LogP contribution in [0.4, 0.5) is 27.6 Å². The lowest BCUT2D eigenvalue weighted by Crippen LogP contribution is -2.28. The molecule has 1 heterocycles. The van der Waals surface area contributed by atoms with E-state index in [-0.39, 0.29) is 12.0 Å². The Morgan fingerprint density at radius 2 is 1.96 bits per heavy atom. The summed E-state index contributed by atoms with van der Waals surface area (Å²) in [5, 5.41) is 2.11. The van der Waals surface area contributed by atoms with Crippen LogP contribution >= 0.6 is 0 Å².